The second-order valence-electron chi connectivity index (χ2n) is 1.13. The second-order valence-corrected chi connectivity index (χ2v) is 1.13. The molecule has 1 amide bonds. The summed E-state index contributed by atoms with van der Waals surface area (Å²) < 4.78 is 4.45. The first-order chi connectivity index (χ1) is 3.81. The fourth-order valence-electron chi connectivity index (χ4n) is 0.264. The first-order valence-electron chi connectivity index (χ1n) is 2.13. The molecule has 0 radical (unpaired) electrons. The number of carbonyl (C=O) groups excluding carboxylic acids is 1. The highest BCUT2D eigenvalue weighted by Crippen LogP contribution is 1.75. The lowest BCUT2D eigenvalue weighted by Crippen LogP contribution is -2.00. The molecule has 0 aromatic rings. The van der Waals surface area contributed by atoms with Crippen molar-refractivity contribution < 1.29 is 9.53 Å². The van der Waals surface area contributed by atoms with Gasteiger partial charge >= 0.3 is 0 Å². The van der Waals surface area contributed by atoms with Crippen LogP contribution in [0.3, 0.4) is 0 Å². The zero-order valence-corrected chi connectivity index (χ0v) is 4.92. The van der Waals surface area contributed by atoms with Crippen LogP contribution >= 0.6 is 0 Å². The van der Waals surface area contributed by atoms with Gasteiger partial charge in [-0.05, 0) is 0 Å². The summed E-state index contributed by atoms with van der Waals surface area (Å²) in [5, 5.41) is 6.43. The van der Waals surface area contributed by atoms with E-state index in [2.05, 4.69) is 15.0 Å². The van der Waals surface area contributed by atoms with Crippen molar-refractivity contribution in [2.75, 3.05) is 20.8 Å². The zero-order chi connectivity index (χ0) is 6.41. The van der Waals surface area contributed by atoms with Gasteiger partial charge in [-0.25, -0.2) is 0 Å². The fraction of sp³-hybridized carbons (Fsp3) is 0.750. The van der Waals surface area contributed by atoms with Gasteiger partial charge in [-0.3, -0.25) is 4.79 Å². The van der Waals surface area contributed by atoms with Crippen LogP contribution in [0.5, 0.6) is 0 Å². The molecule has 0 saturated heterocycles. The van der Waals surface area contributed by atoms with Crippen molar-refractivity contribution in [2.45, 2.75) is 0 Å². The topological polar surface area (TPSA) is 51.0 Å². The van der Waals surface area contributed by atoms with Gasteiger partial charge in [-0.15, -0.1) is 5.11 Å². The van der Waals surface area contributed by atoms with Crippen molar-refractivity contribution in [3.8, 4) is 0 Å². The van der Waals surface area contributed by atoms with Crippen LogP contribution in [-0.2, 0) is 9.53 Å². The average molecular weight is 116 g/mol. The zero-order valence-electron chi connectivity index (χ0n) is 4.92. The smallest absolute Gasteiger partial charge is 0.289 e. The minimum atomic E-state index is -0.352. The number of ether oxygens (including phenoxy) is 1. The predicted octanol–water partition coefficient (Wildman–Crippen LogP) is 0.241. The highest BCUT2D eigenvalue weighted by Gasteiger charge is 1.92. The van der Waals surface area contributed by atoms with Crippen LogP contribution in [-0.4, -0.2) is 26.7 Å². The van der Waals surface area contributed by atoms with E-state index in [0.717, 1.165) is 0 Å². The van der Waals surface area contributed by atoms with Gasteiger partial charge in [0.2, 0.25) is 0 Å². The maximum Gasteiger partial charge on any atom is 0.289 e. The van der Waals surface area contributed by atoms with Crippen LogP contribution in [0.15, 0.2) is 10.2 Å². The molecule has 0 heterocycles. The van der Waals surface area contributed by atoms with Gasteiger partial charge in [0.25, 0.3) is 5.91 Å². The number of hydrogen-bond acceptors (Lipinski definition) is 3. The first-order valence-corrected chi connectivity index (χ1v) is 2.13. The Morgan fingerprint density at radius 3 is 2.75 bits per heavy atom. The van der Waals surface area contributed by atoms with Gasteiger partial charge in [0.15, 0.2) is 0 Å². The number of hydrogen-bond donors (Lipinski definition) is 0. The highest BCUT2D eigenvalue weighted by molar-refractivity contribution is 5.77. The molecule has 0 aromatic heterocycles. The third-order valence-electron chi connectivity index (χ3n) is 0.479. The van der Waals surface area contributed by atoms with Crippen LogP contribution in [0.1, 0.15) is 0 Å². The largest absolute Gasteiger partial charge is 0.375 e. The van der Waals surface area contributed by atoms with Gasteiger partial charge in [-0.2, -0.15) is 5.11 Å². The highest BCUT2D eigenvalue weighted by atomic mass is 16.5. The van der Waals surface area contributed by atoms with Gasteiger partial charge in [0.05, 0.1) is 0 Å². The van der Waals surface area contributed by atoms with E-state index in [-0.39, 0.29) is 12.5 Å². The molecule has 0 N–H and O–H groups in total. The summed E-state index contributed by atoms with van der Waals surface area (Å²) in [6.07, 6.45) is 0. The van der Waals surface area contributed by atoms with Crippen LogP contribution in [0.25, 0.3) is 0 Å². The molecule has 0 fully saturated rings. The number of rotatable bonds is 2. The fourth-order valence-corrected chi connectivity index (χ4v) is 0.264. The van der Waals surface area contributed by atoms with Crippen LogP contribution in [0.2, 0.25) is 0 Å². The molecule has 0 aliphatic heterocycles. The van der Waals surface area contributed by atoms with Gasteiger partial charge in [-0.1, -0.05) is 0 Å². The summed E-state index contributed by atoms with van der Waals surface area (Å²) in [6.45, 7) is 0.0112. The summed E-state index contributed by atoms with van der Waals surface area (Å²) in [7, 11) is 2.87. The van der Waals surface area contributed by atoms with E-state index in [0.29, 0.717) is 0 Å². The molecule has 0 aliphatic rings. The first kappa shape index (κ1) is 7.23. The van der Waals surface area contributed by atoms with E-state index >= 15 is 0 Å². The molecule has 0 aliphatic carbocycles. The van der Waals surface area contributed by atoms with Crippen LogP contribution in [0, 0.1) is 0 Å². The normalized spacial score (nSPS) is 10.2. The quantitative estimate of drug-likeness (QED) is 0.485. The molecule has 0 saturated carbocycles. The summed E-state index contributed by atoms with van der Waals surface area (Å²) in [4.78, 5) is 10.3. The van der Waals surface area contributed by atoms with E-state index in [1.165, 1.54) is 14.2 Å². The SMILES string of the molecule is C/N=N\C(=O)COC. The monoisotopic (exact) mass is 116 g/mol. The summed E-state index contributed by atoms with van der Waals surface area (Å²) >= 11 is 0. The van der Waals surface area contributed by atoms with Crippen molar-refractivity contribution in [2.24, 2.45) is 10.2 Å². The third kappa shape index (κ3) is 3.42. The summed E-state index contributed by atoms with van der Waals surface area (Å²) in [6, 6.07) is 0. The van der Waals surface area contributed by atoms with E-state index in [9.17, 15) is 4.79 Å². The molecule has 0 atom stereocenters. The minimum absolute atomic E-state index is 0.0112. The Hall–Kier alpha value is -0.770. The summed E-state index contributed by atoms with van der Waals surface area (Å²) in [5.74, 6) is -0.352. The number of nitrogens with zero attached hydrogens (tertiary/aromatic N) is 2. The molecule has 4 nitrogen and oxygen atoms in total. The van der Waals surface area contributed by atoms with Crippen LogP contribution < -0.4 is 0 Å². The summed E-state index contributed by atoms with van der Waals surface area (Å²) in [5.41, 5.74) is 0. The third-order valence-corrected chi connectivity index (χ3v) is 0.479. The van der Waals surface area contributed by atoms with E-state index < -0.39 is 0 Å². The Bertz CT molecular complexity index is 100. The van der Waals surface area contributed by atoms with Crippen molar-refractivity contribution in [3.63, 3.8) is 0 Å². The minimum Gasteiger partial charge on any atom is -0.375 e. The lowest BCUT2D eigenvalue weighted by Gasteiger charge is -1.86. The predicted molar refractivity (Wildman–Crippen MR) is 27.7 cm³/mol. The van der Waals surface area contributed by atoms with Crippen molar-refractivity contribution in [1.29, 1.82) is 0 Å². The lowest BCUT2D eigenvalue weighted by molar-refractivity contribution is -0.121. The van der Waals surface area contributed by atoms with Crippen LogP contribution in [0.4, 0.5) is 0 Å². The lowest BCUT2D eigenvalue weighted by atomic mass is 10.7. The Labute approximate surface area is 47.6 Å². The number of methoxy groups -OCH3 is 1. The molecule has 46 valence electrons. The standard InChI is InChI=1S/C4H8N2O2/c1-5-6-4(7)3-8-2/h3H2,1-2H3/b6-5-. The van der Waals surface area contributed by atoms with E-state index in [4.69, 9.17) is 0 Å². The van der Waals surface area contributed by atoms with Crippen molar-refractivity contribution >= 4 is 5.91 Å². The van der Waals surface area contributed by atoms with Crippen molar-refractivity contribution in [3.05, 3.63) is 0 Å². The molecule has 0 bridgehead atoms. The van der Waals surface area contributed by atoms with E-state index in [1.54, 1.807) is 0 Å². The Kier molecular flexibility index (Phi) is 3.97. The van der Waals surface area contributed by atoms with E-state index in [1.807, 2.05) is 0 Å². The average Bonchev–Trinajstić information content (AvgIpc) is 1.68. The number of carbonyl (C=O) groups is 1. The molecule has 8 heavy (non-hydrogen) atoms. The van der Waals surface area contributed by atoms with Gasteiger partial charge in [0.1, 0.15) is 6.61 Å². The van der Waals surface area contributed by atoms with Gasteiger partial charge < -0.3 is 4.74 Å². The molecular formula is C4H8N2O2. The second kappa shape index (κ2) is 4.39. The molecule has 0 rings (SSSR count). The number of amides is 1. The van der Waals surface area contributed by atoms with Crippen molar-refractivity contribution in [1.82, 2.24) is 0 Å². The van der Waals surface area contributed by atoms with Gasteiger partial charge in [0, 0.05) is 14.2 Å². The maximum absolute atomic E-state index is 10.3. The molecular weight excluding hydrogens is 108 g/mol. The number of azo groups is 1. The Morgan fingerprint density at radius 1 is 1.75 bits per heavy atom. The Balaban J connectivity index is 3.33. The molecule has 0 unspecified atom stereocenters. The maximum atomic E-state index is 10.3. The molecule has 4 heteroatoms. The molecule has 0 aromatic carbocycles. The molecule has 0 spiro atoms. The Morgan fingerprint density at radius 2 is 2.38 bits per heavy atom.